The van der Waals surface area contributed by atoms with Crippen molar-refractivity contribution < 1.29 is 19.1 Å². The van der Waals surface area contributed by atoms with E-state index in [0.717, 1.165) is 11.8 Å². The molecule has 1 aliphatic heterocycles. The molecule has 2 atom stereocenters. The second kappa shape index (κ2) is 11.2. The highest BCUT2D eigenvalue weighted by Gasteiger charge is 2.45. The lowest BCUT2D eigenvalue weighted by Crippen LogP contribution is -2.44. The highest BCUT2D eigenvalue weighted by Crippen LogP contribution is 2.42. The summed E-state index contributed by atoms with van der Waals surface area (Å²) in [7, 11) is 0. The Morgan fingerprint density at radius 3 is 2.52 bits per heavy atom. The van der Waals surface area contributed by atoms with Gasteiger partial charge in [-0.25, -0.2) is 0 Å². The molecule has 0 aliphatic carbocycles. The lowest BCUT2D eigenvalue weighted by molar-refractivity contribution is -0.152. The summed E-state index contributed by atoms with van der Waals surface area (Å²) in [6, 6.07) is 15.4. The van der Waals surface area contributed by atoms with Crippen LogP contribution in [-0.2, 0) is 19.1 Å². The minimum Gasteiger partial charge on any atom is -0.465 e. The van der Waals surface area contributed by atoms with Crippen molar-refractivity contribution in [3.05, 3.63) is 74.7 Å². The smallest absolute Gasteiger partial charge is 0.319 e. The molecule has 0 radical (unpaired) electrons. The zero-order valence-electron chi connectivity index (χ0n) is 17.4. The number of allylic oxidation sites excluding steroid dienone is 1. The number of nitrogens with zero attached hydrogens (tertiary/aromatic N) is 1. The highest BCUT2D eigenvalue weighted by atomic mass is 35.5. The lowest BCUT2D eigenvalue weighted by Gasteiger charge is -2.31. The van der Waals surface area contributed by atoms with Crippen LogP contribution < -0.4 is 10.6 Å². The van der Waals surface area contributed by atoms with E-state index in [-0.39, 0.29) is 28.9 Å². The number of hydrogen-bond donors (Lipinski definition) is 2. The van der Waals surface area contributed by atoms with E-state index in [4.69, 9.17) is 27.9 Å². The van der Waals surface area contributed by atoms with E-state index in [1.165, 1.54) is 0 Å². The summed E-state index contributed by atoms with van der Waals surface area (Å²) >= 11 is 13.2. The number of nitriles is 1. The maximum atomic E-state index is 12.9. The molecule has 0 spiro atoms. The zero-order valence-corrected chi connectivity index (χ0v) is 19.8. The van der Waals surface area contributed by atoms with Crippen LogP contribution in [0.3, 0.4) is 0 Å². The van der Waals surface area contributed by atoms with Crippen LogP contribution in [0.25, 0.3) is 0 Å². The van der Waals surface area contributed by atoms with Gasteiger partial charge in [-0.2, -0.15) is 5.26 Å². The maximum absolute atomic E-state index is 12.9. The topological polar surface area (TPSA) is 108 Å². The van der Waals surface area contributed by atoms with Gasteiger partial charge >= 0.3 is 5.97 Å². The van der Waals surface area contributed by atoms with Gasteiger partial charge in [0.05, 0.1) is 29.0 Å². The molecule has 33 heavy (non-hydrogen) atoms. The van der Waals surface area contributed by atoms with Crippen molar-refractivity contribution >= 4 is 58.4 Å². The number of esters is 1. The standard InChI is InChI=1S/C23H19Cl2N3O4S/c1-2-32-23(31)20-19(15-5-3-4-6-17(15)25)16(11-26)22(28-21(20)30)33-12-18(29)27-14-9-7-13(24)8-10-14/h3-10,19-20H,2,12H2,1H3,(H,27,29)(H,28,30)/t19-,20+/m1/s1. The van der Waals surface area contributed by atoms with Gasteiger partial charge < -0.3 is 15.4 Å². The monoisotopic (exact) mass is 503 g/mol. The molecule has 2 N–H and O–H groups in total. The third kappa shape index (κ3) is 5.88. The van der Waals surface area contributed by atoms with Crippen molar-refractivity contribution in [3.63, 3.8) is 0 Å². The SMILES string of the molecule is CCOC(=O)[C@@H]1C(=O)NC(SCC(=O)Nc2ccc(Cl)cc2)=C(C#N)[C@H]1c1ccccc1Cl. The summed E-state index contributed by atoms with van der Waals surface area (Å²) < 4.78 is 5.09. The van der Waals surface area contributed by atoms with Crippen LogP contribution in [0.1, 0.15) is 18.4 Å². The average Bonchev–Trinajstić information content (AvgIpc) is 2.79. The molecule has 0 fully saturated rings. The van der Waals surface area contributed by atoms with Crippen LogP contribution in [0.4, 0.5) is 5.69 Å². The molecule has 2 aromatic carbocycles. The molecule has 1 aliphatic rings. The fourth-order valence-corrected chi connectivity index (χ4v) is 4.58. The average molecular weight is 504 g/mol. The minimum absolute atomic E-state index is 0.0793. The Labute approximate surface area is 205 Å². The van der Waals surface area contributed by atoms with Crippen LogP contribution in [0.2, 0.25) is 10.0 Å². The molecule has 170 valence electrons. The first-order valence-corrected chi connectivity index (χ1v) is 11.6. The first kappa shape index (κ1) is 24.6. The Bertz CT molecular complexity index is 1150. The number of ether oxygens (including phenoxy) is 1. The van der Waals surface area contributed by atoms with Gasteiger partial charge in [0.15, 0.2) is 0 Å². The predicted molar refractivity (Wildman–Crippen MR) is 128 cm³/mol. The normalized spacial score (nSPS) is 17.7. The molecule has 0 bridgehead atoms. The Balaban J connectivity index is 1.90. The Hall–Kier alpha value is -2.99. The van der Waals surface area contributed by atoms with Gasteiger partial charge in [0, 0.05) is 21.7 Å². The number of halogens is 2. The number of carbonyl (C=O) groups is 3. The number of amides is 2. The summed E-state index contributed by atoms with van der Waals surface area (Å²) in [5.41, 5.74) is 1.14. The van der Waals surface area contributed by atoms with E-state index in [1.807, 2.05) is 0 Å². The number of benzene rings is 2. The van der Waals surface area contributed by atoms with Gasteiger partial charge in [0.1, 0.15) is 5.92 Å². The van der Waals surface area contributed by atoms with Crippen LogP contribution in [0, 0.1) is 17.2 Å². The summed E-state index contributed by atoms with van der Waals surface area (Å²) in [5, 5.41) is 16.3. The Morgan fingerprint density at radius 2 is 1.88 bits per heavy atom. The fourth-order valence-electron chi connectivity index (χ4n) is 3.36. The maximum Gasteiger partial charge on any atom is 0.319 e. The molecular weight excluding hydrogens is 485 g/mol. The van der Waals surface area contributed by atoms with Crippen molar-refractivity contribution in [1.82, 2.24) is 5.32 Å². The van der Waals surface area contributed by atoms with Crippen molar-refractivity contribution in [1.29, 1.82) is 5.26 Å². The van der Waals surface area contributed by atoms with E-state index >= 15 is 0 Å². The molecule has 7 nitrogen and oxygen atoms in total. The van der Waals surface area contributed by atoms with Crippen LogP contribution >= 0.6 is 35.0 Å². The number of rotatable bonds is 7. The molecule has 2 aromatic rings. The minimum atomic E-state index is -1.29. The number of carbonyl (C=O) groups excluding carboxylic acids is 3. The summed E-state index contributed by atoms with van der Waals surface area (Å²) in [6.07, 6.45) is 0. The third-order valence-electron chi connectivity index (χ3n) is 4.79. The Kier molecular flexibility index (Phi) is 8.39. The van der Waals surface area contributed by atoms with E-state index in [0.29, 0.717) is 21.3 Å². The van der Waals surface area contributed by atoms with Gasteiger partial charge in [0.2, 0.25) is 11.8 Å². The zero-order chi connectivity index (χ0) is 24.0. The number of thioether (sulfide) groups is 1. The summed E-state index contributed by atoms with van der Waals surface area (Å²) in [4.78, 5) is 37.9. The van der Waals surface area contributed by atoms with Crippen LogP contribution in [0.5, 0.6) is 0 Å². The first-order valence-electron chi connectivity index (χ1n) is 9.90. The highest BCUT2D eigenvalue weighted by molar-refractivity contribution is 8.03. The van der Waals surface area contributed by atoms with Gasteiger partial charge in [-0.05, 0) is 42.8 Å². The second-order valence-electron chi connectivity index (χ2n) is 6.92. The third-order valence-corrected chi connectivity index (χ3v) is 6.40. The van der Waals surface area contributed by atoms with E-state index in [9.17, 15) is 19.6 Å². The van der Waals surface area contributed by atoms with Gasteiger partial charge in [0.25, 0.3) is 0 Å². The summed E-state index contributed by atoms with van der Waals surface area (Å²) in [5.74, 6) is -4.04. The predicted octanol–water partition coefficient (Wildman–Crippen LogP) is 4.49. The van der Waals surface area contributed by atoms with E-state index < -0.39 is 23.7 Å². The largest absolute Gasteiger partial charge is 0.465 e. The van der Waals surface area contributed by atoms with Crippen molar-refractivity contribution in [2.45, 2.75) is 12.8 Å². The molecule has 10 heteroatoms. The number of anilines is 1. The second-order valence-corrected chi connectivity index (χ2v) is 8.75. The van der Waals surface area contributed by atoms with E-state index in [2.05, 4.69) is 16.7 Å². The van der Waals surface area contributed by atoms with Gasteiger partial charge in [-0.1, -0.05) is 53.2 Å². The molecule has 0 saturated carbocycles. The van der Waals surface area contributed by atoms with Crippen molar-refractivity contribution in [2.75, 3.05) is 17.7 Å². The molecular formula is C23H19Cl2N3O4S. The van der Waals surface area contributed by atoms with Crippen molar-refractivity contribution in [3.8, 4) is 6.07 Å². The van der Waals surface area contributed by atoms with Crippen LogP contribution in [0.15, 0.2) is 59.1 Å². The molecule has 0 unspecified atom stereocenters. The van der Waals surface area contributed by atoms with Gasteiger partial charge in [-0.15, -0.1) is 0 Å². The van der Waals surface area contributed by atoms with Crippen LogP contribution in [-0.4, -0.2) is 30.1 Å². The lowest BCUT2D eigenvalue weighted by atomic mass is 9.78. The molecule has 3 rings (SSSR count). The molecule has 0 saturated heterocycles. The first-order chi connectivity index (χ1) is 15.8. The molecule has 2 amide bonds. The number of nitrogens with one attached hydrogen (secondary N) is 2. The Morgan fingerprint density at radius 1 is 1.18 bits per heavy atom. The fraction of sp³-hybridized carbons (Fsp3) is 0.217. The number of hydrogen-bond acceptors (Lipinski definition) is 6. The van der Waals surface area contributed by atoms with Gasteiger partial charge in [-0.3, -0.25) is 14.4 Å². The quantitative estimate of drug-likeness (QED) is 0.425. The summed E-state index contributed by atoms with van der Waals surface area (Å²) in [6.45, 7) is 1.71. The van der Waals surface area contributed by atoms with Crippen molar-refractivity contribution in [2.24, 2.45) is 5.92 Å². The molecule has 0 aromatic heterocycles. The van der Waals surface area contributed by atoms with E-state index in [1.54, 1.807) is 55.5 Å². The molecule has 1 heterocycles.